The first-order chi connectivity index (χ1) is 23.5. The van der Waals surface area contributed by atoms with Gasteiger partial charge >= 0.3 is 0 Å². The number of rotatable bonds is 3. The molecule has 6 heteroatoms. The molecule has 0 N–H and O–H groups in total. The average molecular weight is 656 g/mol. The van der Waals surface area contributed by atoms with E-state index in [1.807, 2.05) is 11.8 Å². The van der Waals surface area contributed by atoms with Crippen LogP contribution in [-0.4, -0.2) is 16.1 Å². The molecule has 0 unspecified atom stereocenters. The van der Waals surface area contributed by atoms with Crippen molar-refractivity contribution in [3.8, 4) is 11.5 Å². The lowest BCUT2D eigenvalue weighted by atomic mass is 9.37. The van der Waals surface area contributed by atoms with Gasteiger partial charge in [0.05, 0.1) is 10.7 Å². The summed E-state index contributed by atoms with van der Waals surface area (Å²) >= 11 is 1.81. The summed E-state index contributed by atoms with van der Waals surface area (Å²) in [6.07, 6.45) is 2.13. The van der Waals surface area contributed by atoms with Crippen molar-refractivity contribution in [2.45, 2.75) is 62.3 Å². The minimum Gasteiger partial charge on any atom is -0.458 e. The number of anilines is 3. The Kier molecular flexibility index (Phi) is 6.63. The number of benzene rings is 5. The lowest BCUT2D eigenvalue weighted by Gasteiger charge is -2.34. The molecule has 0 fully saturated rings. The maximum absolute atomic E-state index is 6.99. The van der Waals surface area contributed by atoms with Gasteiger partial charge in [0.2, 0.25) is 0 Å². The van der Waals surface area contributed by atoms with Crippen LogP contribution in [0.5, 0.6) is 11.5 Å². The standard InChI is InChI=1S/C43H38BN3OS/c1-42(2,3)28-17-19-30(20-18-28)47(34-15-11-13-27-12-7-8-14-32(27)34)31-21-22-33-35(26-31)48-36-24-29(43(4,5)6)25-37-39(36)44(33)40-41(49-37)46-23-10-9-16-38(46)45-40/h7-26H,1-6H3. The summed E-state index contributed by atoms with van der Waals surface area (Å²) in [6, 6.07) is 41.9. The SMILES string of the molecule is CC(C)(C)c1ccc(N(c2ccc3c(c2)Oc2cc(C(C)(C)C)cc4c2B3c2nc3ccccn3c2S4)c2cccc3ccccc23)cc1. The van der Waals surface area contributed by atoms with E-state index < -0.39 is 0 Å². The summed E-state index contributed by atoms with van der Waals surface area (Å²) in [5, 5.41) is 3.59. The fourth-order valence-corrected chi connectivity index (χ4v) is 8.60. The summed E-state index contributed by atoms with van der Waals surface area (Å²) in [5.41, 5.74) is 10.3. The number of nitrogens with zero attached hydrogens (tertiary/aromatic N) is 3. The minimum absolute atomic E-state index is 0.0231. The van der Waals surface area contributed by atoms with E-state index in [0.717, 1.165) is 45.3 Å². The van der Waals surface area contributed by atoms with Gasteiger partial charge in [0.15, 0.2) is 0 Å². The Morgan fingerprint density at radius 2 is 1.43 bits per heavy atom. The first kappa shape index (κ1) is 30.1. The molecule has 0 spiro atoms. The molecule has 2 aromatic heterocycles. The number of hydrogen-bond acceptors (Lipinski definition) is 4. The van der Waals surface area contributed by atoms with Gasteiger partial charge in [-0.15, -0.1) is 0 Å². The highest BCUT2D eigenvalue weighted by molar-refractivity contribution is 8.00. The molecule has 0 atom stereocenters. The maximum Gasteiger partial charge on any atom is 0.279 e. The van der Waals surface area contributed by atoms with E-state index in [4.69, 9.17) is 9.72 Å². The van der Waals surface area contributed by atoms with Gasteiger partial charge < -0.3 is 9.64 Å². The lowest BCUT2D eigenvalue weighted by Crippen LogP contribution is -2.58. The van der Waals surface area contributed by atoms with Crippen molar-refractivity contribution in [1.82, 2.24) is 9.38 Å². The molecule has 2 aliphatic rings. The largest absolute Gasteiger partial charge is 0.458 e. The summed E-state index contributed by atoms with van der Waals surface area (Å²) < 4.78 is 9.22. The number of pyridine rings is 1. The summed E-state index contributed by atoms with van der Waals surface area (Å²) in [5.74, 6) is 1.80. The third-order valence-corrected chi connectivity index (χ3v) is 11.2. The van der Waals surface area contributed by atoms with Crippen LogP contribution in [-0.2, 0) is 10.8 Å². The zero-order valence-corrected chi connectivity index (χ0v) is 29.6. The molecule has 9 rings (SSSR count). The van der Waals surface area contributed by atoms with Gasteiger partial charge in [0.25, 0.3) is 6.71 Å². The van der Waals surface area contributed by atoms with Crippen LogP contribution >= 0.6 is 11.8 Å². The Morgan fingerprint density at radius 1 is 0.694 bits per heavy atom. The van der Waals surface area contributed by atoms with E-state index in [-0.39, 0.29) is 17.5 Å². The van der Waals surface area contributed by atoms with Crippen LogP contribution < -0.4 is 26.2 Å². The molecule has 0 bridgehead atoms. The molecule has 4 heterocycles. The van der Waals surface area contributed by atoms with E-state index in [9.17, 15) is 0 Å². The van der Waals surface area contributed by atoms with Gasteiger partial charge in [-0.05, 0) is 86.8 Å². The zero-order chi connectivity index (χ0) is 33.7. The second-order valence-electron chi connectivity index (χ2n) is 15.4. The van der Waals surface area contributed by atoms with Gasteiger partial charge in [-0.2, -0.15) is 0 Å². The molecule has 0 amide bonds. The predicted molar refractivity (Wildman–Crippen MR) is 207 cm³/mol. The average Bonchev–Trinajstić information content (AvgIpc) is 3.46. The number of ether oxygens (including phenoxy) is 1. The van der Waals surface area contributed by atoms with E-state index in [2.05, 4.69) is 172 Å². The molecular weight excluding hydrogens is 617 g/mol. The predicted octanol–water partition coefficient (Wildman–Crippen LogP) is 9.64. The summed E-state index contributed by atoms with van der Waals surface area (Å²) in [6.45, 7) is 13.6. The highest BCUT2D eigenvalue weighted by atomic mass is 32.2. The van der Waals surface area contributed by atoms with E-state index in [0.29, 0.717) is 0 Å². The van der Waals surface area contributed by atoms with Gasteiger partial charge in [0, 0.05) is 39.5 Å². The van der Waals surface area contributed by atoms with E-state index >= 15 is 0 Å². The number of imidazole rings is 1. The Morgan fingerprint density at radius 3 is 2.22 bits per heavy atom. The molecule has 240 valence electrons. The second-order valence-corrected chi connectivity index (χ2v) is 16.4. The Balaban J connectivity index is 1.26. The maximum atomic E-state index is 6.99. The van der Waals surface area contributed by atoms with Crippen LogP contribution in [0.15, 0.2) is 131 Å². The minimum atomic E-state index is -0.0305. The van der Waals surface area contributed by atoms with Crippen LogP contribution in [0, 0.1) is 0 Å². The Hall–Kier alpha value is -4.94. The van der Waals surface area contributed by atoms with Crippen molar-refractivity contribution in [2.75, 3.05) is 4.90 Å². The molecular formula is C43H38BN3OS. The Bertz CT molecular complexity index is 2430. The molecule has 0 saturated carbocycles. The van der Waals surface area contributed by atoms with Crippen molar-refractivity contribution in [2.24, 2.45) is 0 Å². The van der Waals surface area contributed by atoms with Gasteiger partial charge in [0.1, 0.15) is 17.1 Å². The van der Waals surface area contributed by atoms with Crippen LogP contribution in [0.25, 0.3) is 16.4 Å². The van der Waals surface area contributed by atoms with Crippen molar-refractivity contribution < 1.29 is 4.74 Å². The topological polar surface area (TPSA) is 29.8 Å². The fourth-order valence-electron chi connectivity index (χ4n) is 7.36. The monoisotopic (exact) mass is 655 g/mol. The van der Waals surface area contributed by atoms with Crippen molar-refractivity contribution >= 4 is 68.5 Å². The Labute approximate surface area is 292 Å². The van der Waals surface area contributed by atoms with Crippen LogP contribution in [0.2, 0.25) is 0 Å². The van der Waals surface area contributed by atoms with Crippen molar-refractivity contribution in [1.29, 1.82) is 0 Å². The highest BCUT2D eigenvalue weighted by Gasteiger charge is 2.43. The molecule has 5 aromatic carbocycles. The molecule has 49 heavy (non-hydrogen) atoms. The number of hydrogen-bond donors (Lipinski definition) is 0. The normalized spacial score (nSPS) is 13.6. The van der Waals surface area contributed by atoms with Crippen LogP contribution in [0.3, 0.4) is 0 Å². The zero-order valence-electron chi connectivity index (χ0n) is 28.8. The molecule has 2 aliphatic heterocycles. The first-order valence-electron chi connectivity index (χ1n) is 17.1. The quantitative estimate of drug-likeness (QED) is 0.177. The van der Waals surface area contributed by atoms with Crippen molar-refractivity contribution in [3.63, 3.8) is 0 Å². The van der Waals surface area contributed by atoms with Gasteiger partial charge in [-0.25, -0.2) is 4.98 Å². The van der Waals surface area contributed by atoms with Crippen molar-refractivity contribution in [3.05, 3.63) is 133 Å². The molecule has 4 nitrogen and oxygen atoms in total. The van der Waals surface area contributed by atoms with Crippen LogP contribution in [0.4, 0.5) is 17.1 Å². The lowest BCUT2D eigenvalue weighted by molar-refractivity contribution is 0.481. The smallest absolute Gasteiger partial charge is 0.279 e. The number of aromatic nitrogens is 2. The third kappa shape index (κ3) is 4.87. The fraction of sp³-hybridized carbons (Fsp3) is 0.186. The van der Waals surface area contributed by atoms with Gasteiger partial charge in [-0.3, -0.25) is 4.40 Å². The third-order valence-electron chi connectivity index (χ3n) is 10.0. The van der Waals surface area contributed by atoms with E-state index in [1.54, 1.807) is 0 Å². The highest BCUT2D eigenvalue weighted by Crippen LogP contribution is 2.44. The molecule has 7 aromatic rings. The second kappa shape index (κ2) is 10.8. The van der Waals surface area contributed by atoms with Crippen LogP contribution in [0.1, 0.15) is 52.7 Å². The first-order valence-corrected chi connectivity index (χ1v) is 17.9. The molecule has 0 saturated heterocycles. The molecule has 0 aliphatic carbocycles. The summed E-state index contributed by atoms with van der Waals surface area (Å²) in [7, 11) is 0. The molecule has 0 radical (unpaired) electrons. The number of fused-ring (bicyclic) bond motifs is 7. The summed E-state index contributed by atoms with van der Waals surface area (Å²) in [4.78, 5) is 8.86. The van der Waals surface area contributed by atoms with Gasteiger partial charge in [-0.1, -0.05) is 114 Å². The van der Waals surface area contributed by atoms with E-state index in [1.165, 1.54) is 37.3 Å².